The number of aromatic nitrogens is 2. The van der Waals surface area contributed by atoms with Crippen LogP contribution in [0.3, 0.4) is 0 Å². The highest BCUT2D eigenvalue weighted by Gasteiger charge is 2.30. The number of fused-ring (bicyclic) bond motifs is 4. The summed E-state index contributed by atoms with van der Waals surface area (Å²) < 4.78 is 2.10. The first kappa shape index (κ1) is 21.0. The topological polar surface area (TPSA) is 29.3 Å². The first-order valence-corrected chi connectivity index (χ1v) is 12.0. The van der Waals surface area contributed by atoms with Gasteiger partial charge in [-0.1, -0.05) is 105 Å². The molecule has 4 heteroatoms. The zero-order valence-electron chi connectivity index (χ0n) is 19.5. The molecule has 1 aliphatic carbocycles. The van der Waals surface area contributed by atoms with Crippen LogP contribution >= 0.6 is 11.6 Å². The molecule has 0 amide bonds. The van der Waals surface area contributed by atoms with Crippen molar-refractivity contribution >= 4 is 23.1 Å². The Hall–Kier alpha value is -3.56. The highest BCUT2D eigenvalue weighted by Crippen LogP contribution is 2.45. The molecular weight excluding hydrogens is 438 g/mol. The lowest BCUT2D eigenvalue weighted by atomic mass is 9.86. The third-order valence-corrected chi connectivity index (χ3v) is 6.96. The van der Waals surface area contributed by atoms with Gasteiger partial charge in [0.05, 0.1) is 6.04 Å². The SMILES string of the molecule is CC(C)(C)c1ccc(-c2nc3cc(Cl)ccn3c2NC2c3ccccc3-c3ccccc32)cc1. The number of rotatable bonds is 3. The van der Waals surface area contributed by atoms with Crippen molar-refractivity contribution in [2.75, 3.05) is 5.32 Å². The van der Waals surface area contributed by atoms with E-state index in [4.69, 9.17) is 16.6 Å². The van der Waals surface area contributed by atoms with Gasteiger partial charge >= 0.3 is 0 Å². The summed E-state index contributed by atoms with van der Waals surface area (Å²) in [6.07, 6.45) is 1.99. The van der Waals surface area contributed by atoms with Crippen molar-refractivity contribution in [2.45, 2.75) is 32.2 Å². The fourth-order valence-electron chi connectivity index (χ4n) is 4.93. The molecule has 1 N–H and O–H groups in total. The summed E-state index contributed by atoms with van der Waals surface area (Å²) in [5, 5.41) is 4.54. The van der Waals surface area contributed by atoms with Crippen molar-refractivity contribution in [3.63, 3.8) is 0 Å². The smallest absolute Gasteiger partial charge is 0.140 e. The van der Waals surface area contributed by atoms with Crippen molar-refractivity contribution in [1.29, 1.82) is 0 Å². The van der Waals surface area contributed by atoms with Crippen molar-refractivity contribution in [1.82, 2.24) is 9.38 Å². The van der Waals surface area contributed by atoms with Crippen LogP contribution in [0.25, 0.3) is 28.0 Å². The maximum atomic E-state index is 6.33. The van der Waals surface area contributed by atoms with Gasteiger partial charge in [-0.25, -0.2) is 4.98 Å². The molecule has 0 saturated carbocycles. The highest BCUT2D eigenvalue weighted by atomic mass is 35.5. The third-order valence-electron chi connectivity index (χ3n) is 6.73. The van der Waals surface area contributed by atoms with Crippen molar-refractivity contribution < 1.29 is 0 Å². The Kier molecular flexibility index (Phi) is 4.79. The van der Waals surface area contributed by atoms with Crippen LogP contribution in [-0.2, 0) is 5.41 Å². The maximum absolute atomic E-state index is 6.33. The molecular formula is C30H26ClN3. The van der Waals surface area contributed by atoms with Crippen LogP contribution in [0.2, 0.25) is 5.02 Å². The predicted octanol–water partition coefficient (Wildman–Crippen LogP) is 8.13. The summed E-state index contributed by atoms with van der Waals surface area (Å²) in [6.45, 7) is 6.70. The van der Waals surface area contributed by atoms with Crippen LogP contribution in [0.1, 0.15) is 43.5 Å². The van der Waals surface area contributed by atoms with Crippen LogP contribution in [-0.4, -0.2) is 9.38 Å². The molecule has 2 aromatic heterocycles. The Morgan fingerprint density at radius 2 is 1.44 bits per heavy atom. The van der Waals surface area contributed by atoms with E-state index in [0.29, 0.717) is 5.02 Å². The number of nitrogens with zero attached hydrogens (tertiary/aromatic N) is 2. The number of anilines is 1. The quantitative estimate of drug-likeness (QED) is 0.292. The Bertz CT molecular complexity index is 1480. The fourth-order valence-corrected chi connectivity index (χ4v) is 5.09. The first-order valence-electron chi connectivity index (χ1n) is 11.6. The summed E-state index contributed by atoms with van der Waals surface area (Å²) in [7, 11) is 0. The van der Waals surface area contributed by atoms with E-state index < -0.39 is 0 Å². The van der Waals surface area contributed by atoms with Gasteiger partial charge in [-0.3, -0.25) is 4.40 Å². The highest BCUT2D eigenvalue weighted by molar-refractivity contribution is 6.30. The van der Waals surface area contributed by atoms with Crippen molar-refractivity contribution in [3.8, 4) is 22.4 Å². The lowest BCUT2D eigenvalue weighted by Gasteiger charge is -2.20. The fraction of sp³-hybridized carbons (Fsp3) is 0.167. The molecule has 1 aliphatic rings. The van der Waals surface area contributed by atoms with Gasteiger partial charge < -0.3 is 5.32 Å². The van der Waals surface area contributed by atoms with Crippen LogP contribution in [0.15, 0.2) is 91.1 Å². The van der Waals surface area contributed by atoms with Gasteiger partial charge in [0.25, 0.3) is 0 Å². The third kappa shape index (κ3) is 3.39. The van der Waals surface area contributed by atoms with Gasteiger partial charge in [-0.05, 0) is 39.3 Å². The number of nitrogens with one attached hydrogen (secondary N) is 1. The van der Waals surface area contributed by atoms with Gasteiger partial charge in [-0.15, -0.1) is 0 Å². The lowest BCUT2D eigenvalue weighted by Crippen LogP contribution is -2.12. The van der Waals surface area contributed by atoms with Gasteiger partial charge in [0.15, 0.2) is 0 Å². The molecule has 0 aliphatic heterocycles. The molecule has 5 aromatic rings. The Morgan fingerprint density at radius 3 is 2.06 bits per heavy atom. The molecule has 0 spiro atoms. The molecule has 2 heterocycles. The number of pyridine rings is 1. The maximum Gasteiger partial charge on any atom is 0.140 e. The summed E-state index contributed by atoms with van der Waals surface area (Å²) in [6, 6.07) is 29.9. The second-order valence-electron chi connectivity index (χ2n) is 9.96. The van der Waals surface area contributed by atoms with E-state index in [-0.39, 0.29) is 11.5 Å². The van der Waals surface area contributed by atoms with Crippen LogP contribution in [0.4, 0.5) is 5.82 Å². The predicted molar refractivity (Wildman–Crippen MR) is 142 cm³/mol. The molecule has 3 nitrogen and oxygen atoms in total. The minimum atomic E-state index is 0.0376. The van der Waals surface area contributed by atoms with Gasteiger partial charge in [0, 0.05) is 22.8 Å². The molecule has 168 valence electrons. The van der Waals surface area contributed by atoms with Gasteiger partial charge in [0.1, 0.15) is 17.2 Å². The Morgan fingerprint density at radius 1 is 0.824 bits per heavy atom. The minimum absolute atomic E-state index is 0.0376. The van der Waals surface area contributed by atoms with E-state index in [1.165, 1.54) is 27.8 Å². The molecule has 34 heavy (non-hydrogen) atoms. The van der Waals surface area contributed by atoms with E-state index in [1.54, 1.807) is 0 Å². The van der Waals surface area contributed by atoms with E-state index >= 15 is 0 Å². The van der Waals surface area contributed by atoms with Crippen LogP contribution in [0.5, 0.6) is 0 Å². The number of imidazole rings is 1. The second-order valence-corrected chi connectivity index (χ2v) is 10.4. The largest absolute Gasteiger partial charge is 0.358 e. The minimum Gasteiger partial charge on any atom is -0.358 e. The molecule has 3 aromatic carbocycles. The molecule has 0 saturated heterocycles. The van der Waals surface area contributed by atoms with Crippen molar-refractivity contribution in [3.05, 3.63) is 113 Å². The Labute approximate surface area is 205 Å². The molecule has 0 atom stereocenters. The normalized spacial score (nSPS) is 13.2. The standard InChI is InChI=1S/C30H26ClN3/c1-30(2,3)20-14-12-19(13-15-20)27-29(34-17-16-21(31)18-26(34)32-27)33-28-24-10-6-4-8-22(24)23-9-5-7-11-25(23)28/h4-18,28,33H,1-3H3. The number of hydrogen-bond acceptors (Lipinski definition) is 2. The summed E-state index contributed by atoms with van der Waals surface area (Å²) in [5.41, 5.74) is 9.35. The van der Waals surface area contributed by atoms with Crippen molar-refractivity contribution in [2.24, 2.45) is 0 Å². The number of hydrogen-bond donors (Lipinski definition) is 1. The van der Waals surface area contributed by atoms with Crippen LogP contribution < -0.4 is 5.32 Å². The monoisotopic (exact) mass is 463 g/mol. The second kappa shape index (κ2) is 7.75. The zero-order valence-corrected chi connectivity index (χ0v) is 20.3. The van der Waals surface area contributed by atoms with E-state index in [1.807, 2.05) is 18.3 Å². The van der Waals surface area contributed by atoms with Gasteiger partial charge in [0.2, 0.25) is 0 Å². The van der Waals surface area contributed by atoms with E-state index in [2.05, 4.69) is 103 Å². The molecule has 6 rings (SSSR count). The molecule has 0 bridgehead atoms. The molecule has 0 radical (unpaired) electrons. The summed E-state index contributed by atoms with van der Waals surface area (Å²) in [5.74, 6) is 0.965. The van der Waals surface area contributed by atoms with E-state index in [0.717, 1.165) is 22.7 Å². The Balaban J connectivity index is 1.51. The van der Waals surface area contributed by atoms with Gasteiger partial charge in [-0.2, -0.15) is 0 Å². The lowest BCUT2D eigenvalue weighted by molar-refractivity contribution is 0.590. The van der Waals surface area contributed by atoms with Crippen LogP contribution in [0, 0.1) is 0 Å². The number of benzene rings is 3. The molecule has 0 fully saturated rings. The summed E-state index contributed by atoms with van der Waals surface area (Å²) in [4.78, 5) is 5.01. The molecule has 0 unspecified atom stereocenters. The summed E-state index contributed by atoms with van der Waals surface area (Å²) >= 11 is 6.33. The zero-order chi connectivity index (χ0) is 23.4. The van der Waals surface area contributed by atoms with E-state index in [9.17, 15) is 0 Å². The average molecular weight is 464 g/mol. The average Bonchev–Trinajstić information content (AvgIpc) is 3.35. The number of halogens is 1. The first-order chi connectivity index (χ1) is 16.4.